The lowest BCUT2D eigenvalue weighted by Gasteiger charge is -2.37. The molecule has 0 saturated heterocycles. The van der Waals surface area contributed by atoms with Crippen LogP contribution >= 0.6 is 0 Å². The molecule has 3 unspecified atom stereocenters. The van der Waals surface area contributed by atoms with Crippen LogP contribution in [0.5, 0.6) is 0 Å². The maximum absolute atomic E-state index is 13.7. The zero-order valence-electron chi connectivity index (χ0n) is 22.5. The molecule has 0 aliphatic heterocycles. The number of hydroxylamine groups is 1. The van der Waals surface area contributed by atoms with Gasteiger partial charge in [-0.15, -0.1) is 0 Å². The summed E-state index contributed by atoms with van der Waals surface area (Å²) in [6, 6.07) is 8.91. The summed E-state index contributed by atoms with van der Waals surface area (Å²) in [7, 11) is 0. The van der Waals surface area contributed by atoms with E-state index in [-0.39, 0.29) is 23.7 Å². The summed E-state index contributed by atoms with van der Waals surface area (Å²) in [6.45, 7) is 13.6. The molecule has 3 atom stereocenters. The quantitative estimate of drug-likeness (QED) is 0.287. The van der Waals surface area contributed by atoms with Gasteiger partial charge in [0.1, 0.15) is 6.04 Å². The lowest BCUT2D eigenvalue weighted by molar-refractivity contribution is -0.144. The minimum atomic E-state index is -0.797. The van der Waals surface area contributed by atoms with Gasteiger partial charge in [0.2, 0.25) is 17.7 Å². The normalized spacial score (nSPS) is 17.5. The third-order valence-electron chi connectivity index (χ3n) is 7.16. The van der Waals surface area contributed by atoms with Crippen LogP contribution < -0.4 is 16.1 Å². The highest BCUT2D eigenvalue weighted by Crippen LogP contribution is 2.38. The van der Waals surface area contributed by atoms with Crippen LogP contribution in [-0.4, -0.2) is 29.0 Å². The highest BCUT2D eigenvalue weighted by molar-refractivity contribution is 5.92. The maximum Gasteiger partial charge on any atom is 0.247 e. The monoisotopic (exact) mass is 487 g/mol. The van der Waals surface area contributed by atoms with Crippen LogP contribution in [0, 0.1) is 29.1 Å². The van der Waals surface area contributed by atoms with Crippen molar-refractivity contribution in [3.63, 3.8) is 0 Å². The van der Waals surface area contributed by atoms with E-state index in [2.05, 4.69) is 10.6 Å². The zero-order valence-corrected chi connectivity index (χ0v) is 22.5. The molecular weight excluding hydrogens is 442 g/mol. The second-order valence-electron chi connectivity index (χ2n) is 12.1. The molecule has 2 rings (SSSR count). The Morgan fingerprint density at radius 3 is 2.00 bits per heavy atom. The van der Waals surface area contributed by atoms with Crippen LogP contribution in [0.15, 0.2) is 30.3 Å². The van der Waals surface area contributed by atoms with Crippen LogP contribution in [0.25, 0.3) is 0 Å². The predicted octanol–water partition coefficient (Wildman–Crippen LogP) is 4.54. The fourth-order valence-electron chi connectivity index (χ4n) is 5.27. The second-order valence-corrected chi connectivity index (χ2v) is 12.1. The summed E-state index contributed by atoms with van der Waals surface area (Å²) in [4.78, 5) is 40.0. The van der Waals surface area contributed by atoms with E-state index in [1.165, 1.54) is 0 Å². The van der Waals surface area contributed by atoms with Gasteiger partial charge in [-0.25, -0.2) is 5.48 Å². The Kier molecular flexibility index (Phi) is 9.90. The van der Waals surface area contributed by atoms with E-state index in [1.807, 2.05) is 84.3 Å². The van der Waals surface area contributed by atoms with Crippen molar-refractivity contribution < 1.29 is 19.6 Å². The van der Waals surface area contributed by atoms with Crippen molar-refractivity contribution in [2.75, 3.05) is 0 Å². The van der Waals surface area contributed by atoms with Gasteiger partial charge in [0.25, 0.3) is 0 Å². The Bertz CT molecular complexity index is 855. The second kappa shape index (κ2) is 12.0. The molecular formula is C28H45N3O4. The highest BCUT2D eigenvalue weighted by atomic mass is 16.5. The Balaban J connectivity index is 2.31. The standard InChI is InChI=1S/C28H45N3O4/c1-18(2)17-21(22(25(33)31-35)19-13-11-12-14-19)24(32)29-23(27(3,4)5)26(34)30-28(6,7)20-15-9-8-10-16-20/h8-10,15-16,18-19,21-23,35H,11-14,17H2,1-7H3,(H,29,32)(H,30,34)(H,31,33). The van der Waals surface area contributed by atoms with Crippen molar-refractivity contribution in [2.24, 2.45) is 29.1 Å². The van der Waals surface area contributed by atoms with Crippen molar-refractivity contribution in [3.8, 4) is 0 Å². The Morgan fingerprint density at radius 2 is 1.51 bits per heavy atom. The number of nitrogens with one attached hydrogen (secondary N) is 3. The molecule has 1 aliphatic rings. The number of carbonyl (C=O) groups excluding carboxylic acids is 3. The molecule has 35 heavy (non-hydrogen) atoms. The lowest BCUT2D eigenvalue weighted by atomic mass is 9.75. The molecule has 0 aromatic heterocycles. The summed E-state index contributed by atoms with van der Waals surface area (Å²) in [5.41, 5.74) is 1.58. The lowest BCUT2D eigenvalue weighted by Crippen LogP contribution is -2.58. The molecule has 0 heterocycles. The molecule has 1 saturated carbocycles. The SMILES string of the molecule is CC(C)CC(C(=O)NC(C(=O)NC(C)(C)c1ccccc1)C(C)(C)C)C(C(=O)NO)C1CCCC1. The number of amides is 3. The van der Waals surface area contributed by atoms with Gasteiger partial charge in [0, 0.05) is 0 Å². The largest absolute Gasteiger partial charge is 0.345 e. The summed E-state index contributed by atoms with van der Waals surface area (Å²) >= 11 is 0. The molecule has 7 heteroatoms. The Morgan fingerprint density at radius 1 is 0.943 bits per heavy atom. The number of hydrogen-bond donors (Lipinski definition) is 4. The van der Waals surface area contributed by atoms with Gasteiger partial charge in [0.15, 0.2) is 0 Å². The molecule has 196 valence electrons. The van der Waals surface area contributed by atoms with E-state index in [4.69, 9.17) is 0 Å². The topological polar surface area (TPSA) is 108 Å². The fraction of sp³-hybridized carbons (Fsp3) is 0.679. The molecule has 0 radical (unpaired) electrons. The molecule has 0 spiro atoms. The molecule has 1 fully saturated rings. The number of hydrogen-bond acceptors (Lipinski definition) is 4. The van der Waals surface area contributed by atoms with Crippen LogP contribution in [0.2, 0.25) is 0 Å². The van der Waals surface area contributed by atoms with Gasteiger partial charge in [-0.1, -0.05) is 77.8 Å². The van der Waals surface area contributed by atoms with Crippen molar-refractivity contribution in [2.45, 2.75) is 92.2 Å². The summed E-state index contributed by atoms with van der Waals surface area (Å²) in [5, 5.41) is 15.6. The predicted molar refractivity (Wildman–Crippen MR) is 137 cm³/mol. The number of rotatable bonds is 10. The van der Waals surface area contributed by atoms with E-state index in [1.54, 1.807) is 0 Å². The van der Waals surface area contributed by atoms with Gasteiger partial charge in [0.05, 0.1) is 17.4 Å². The molecule has 4 N–H and O–H groups in total. The van der Waals surface area contributed by atoms with Gasteiger partial charge in [-0.2, -0.15) is 0 Å². The third kappa shape index (κ3) is 7.79. The first-order chi connectivity index (χ1) is 16.3. The molecule has 1 aliphatic carbocycles. The molecule has 7 nitrogen and oxygen atoms in total. The first-order valence-corrected chi connectivity index (χ1v) is 12.9. The molecule has 1 aromatic carbocycles. The van der Waals surface area contributed by atoms with Crippen LogP contribution in [0.3, 0.4) is 0 Å². The molecule has 0 bridgehead atoms. The average Bonchev–Trinajstić information content (AvgIpc) is 3.30. The van der Waals surface area contributed by atoms with Gasteiger partial charge >= 0.3 is 0 Å². The maximum atomic E-state index is 13.7. The first-order valence-electron chi connectivity index (χ1n) is 12.9. The number of benzene rings is 1. The highest BCUT2D eigenvalue weighted by Gasteiger charge is 2.43. The van der Waals surface area contributed by atoms with E-state index >= 15 is 0 Å². The van der Waals surface area contributed by atoms with Crippen molar-refractivity contribution in [1.82, 2.24) is 16.1 Å². The Labute approximate surface area is 210 Å². The summed E-state index contributed by atoms with van der Waals surface area (Å²) in [5.74, 6) is -2.16. The van der Waals surface area contributed by atoms with E-state index in [0.29, 0.717) is 6.42 Å². The van der Waals surface area contributed by atoms with Gasteiger partial charge < -0.3 is 10.6 Å². The van der Waals surface area contributed by atoms with Crippen molar-refractivity contribution >= 4 is 17.7 Å². The first kappa shape index (κ1) is 28.8. The van der Waals surface area contributed by atoms with Crippen LogP contribution in [0.1, 0.15) is 86.1 Å². The van der Waals surface area contributed by atoms with E-state index in [0.717, 1.165) is 31.2 Å². The summed E-state index contributed by atoms with van der Waals surface area (Å²) in [6.07, 6.45) is 4.23. The van der Waals surface area contributed by atoms with Crippen LogP contribution in [-0.2, 0) is 19.9 Å². The minimum absolute atomic E-state index is 0.0376. The third-order valence-corrected chi connectivity index (χ3v) is 7.16. The molecule has 1 aromatic rings. The summed E-state index contributed by atoms with van der Waals surface area (Å²) < 4.78 is 0. The zero-order chi connectivity index (χ0) is 26.4. The van der Waals surface area contributed by atoms with Gasteiger partial charge in [-0.3, -0.25) is 19.6 Å². The average molecular weight is 488 g/mol. The molecule has 3 amide bonds. The van der Waals surface area contributed by atoms with Crippen LogP contribution in [0.4, 0.5) is 0 Å². The van der Waals surface area contributed by atoms with Crippen molar-refractivity contribution in [1.29, 1.82) is 0 Å². The van der Waals surface area contributed by atoms with E-state index < -0.39 is 34.7 Å². The fourth-order valence-corrected chi connectivity index (χ4v) is 5.27. The van der Waals surface area contributed by atoms with E-state index in [9.17, 15) is 19.6 Å². The van der Waals surface area contributed by atoms with Gasteiger partial charge in [-0.05, 0) is 55.9 Å². The van der Waals surface area contributed by atoms with Crippen molar-refractivity contribution in [3.05, 3.63) is 35.9 Å². The minimum Gasteiger partial charge on any atom is -0.345 e. The Hall–Kier alpha value is -2.41. The number of carbonyl (C=O) groups is 3. The smallest absolute Gasteiger partial charge is 0.247 e.